The third kappa shape index (κ3) is 3.47. The van der Waals surface area contributed by atoms with Gasteiger partial charge in [0.15, 0.2) is 0 Å². The largest absolute Gasteiger partial charge is 0.399 e. The van der Waals surface area contributed by atoms with Gasteiger partial charge in [0.1, 0.15) is 0 Å². The molecule has 2 aromatic rings. The second-order valence-electron chi connectivity index (χ2n) is 4.76. The third-order valence-electron chi connectivity index (χ3n) is 2.87. The quantitative estimate of drug-likeness (QED) is 0.833. The number of hydrogen-bond acceptors (Lipinski definition) is 4. The molecular formula is C15H18N4O. The second-order valence-corrected chi connectivity index (χ2v) is 4.76. The Bertz CT molecular complexity index is 610. The molecule has 0 saturated carbocycles. The van der Waals surface area contributed by atoms with Crippen LogP contribution in [-0.2, 0) is 11.2 Å². The highest BCUT2D eigenvalue weighted by Gasteiger charge is 2.09. The lowest BCUT2D eigenvalue weighted by molar-refractivity contribution is -0.115. The predicted molar refractivity (Wildman–Crippen MR) is 81.8 cm³/mol. The van der Waals surface area contributed by atoms with E-state index in [1.165, 1.54) is 0 Å². The van der Waals surface area contributed by atoms with Crippen LogP contribution in [0.25, 0.3) is 0 Å². The number of nitrogens with one attached hydrogen (secondary N) is 1. The first kappa shape index (κ1) is 13.9. The van der Waals surface area contributed by atoms with E-state index in [2.05, 4.69) is 10.3 Å². The summed E-state index contributed by atoms with van der Waals surface area (Å²) in [5.41, 5.74) is 8.87. The SMILES string of the molecule is CN(C)c1ccncc1NC(=O)Cc1cccc(N)c1. The Morgan fingerprint density at radius 2 is 2.15 bits per heavy atom. The lowest BCUT2D eigenvalue weighted by atomic mass is 10.1. The van der Waals surface area contributed by atoms with Crippen LogP contribution in [0.15, 0.2) is 42.7 Å². The van der Waals surface area contributed by atoms with Gasteiger partial charge in [0, 0.05) is 26.0 Å². The molecule has 0 bridgehead atoms. The summed E-state index contributed by atoms with van der Waals surface area (Å²) in [5.74, 6) is -0.0910. The zero-order valence-corrected chi connectivity index (χ0v) is 11.6. The molecule has 0 aliphatic rings. The molecule has 0 unspecified atom stereocenters. The first-order valence-electron chi connectivity index (χ1n) is 6.32. The number of nitrogens with zero attached hydrogens (tertiary/aromatic N) is 2. The summed E-state index contributed by atoms with van der Waals surface area (Å²) < 4.78 is 0. The van der Waals surface area contributed by atoms with Crippen LogP contribution in [0.4, 0.5) is 17.1 Å². The van der Waals surface area contributed by atoms with Crippen molar-refractivity contribution >= 4 is 23.0 Å². The van der Waals surface area contributed by atoms with Crippen molar-refractivity contribution in [3.05, 3.63) is 48.3 Å². The molecule has 0 aliphatic heterocycles. The number of carbonyl (C=O) groups excluding carboxylic acids is 1. The molecular weight excluding hydrogens is 252 g/mol. The molecule has 5 nitrogen and oxygen atoms in total. The van der Waals surface area contributed by atoms with Crippen LogP contribution in [0.5, 0.6) is 0 Å². The van der Waals surface area contributed by atoms with Gasteiger partial charge in [-0.2, -0.15) is 0 Å². The molecule has 5 heteroatoms. The molecule has 1 aromatic heterocycles. The van der Waals surface area contributed by atoms with Gasteiger partial charge >= 0.3 is 0 Å². The number of carbonyl (C=O) groups is 1. The molecule has 1 amide bonds. The Morgan fingerprint density at radius 3 is 2.85 bits per heavy atom. The Hall–Kier alpha value is -2.56. The monoisotopic (exact) mass is 270 g/mol. The standard InChI is InChI=1S/C15H18N4O/c1-19(2)14-6-7-17-10-13(14)18-15(20)9-11-4-3-5-12(16)8-11/h3-8,10H,9,16H2,1-2H3,(H,18,20). The Balaban J connectivity index is 2.09. The molecule has 0 spiro atoms. The highest BCUT2D eigenvalue weighted by atomic mass is 16.1. The van der Waals surface area contributed by atoms with Crippen LogP contribution in [0.3, 0.4) is 0 Å². The lowest BCUT2D eigenvalue weighted by Gasteiger charge is -2.17. The van der Waals surface area contributed by atoms with Crippen LogP contribution >= 0.6 is 0 Å². The number of aromatic nitrogens is 1. The summed E-state index contributed by atoms with van der Waals surface area (Å²) in [6, 6.07) is 9.18. The van der Waals surface area contributed by atoms with E-state index in [0.717, 1.165) is 11.3 Å². The smallest absolute Gasteiger partial charge is 0.228 e. The van der Waals surface area contributed by atoms with E-state index in [9.17, 15) is 4.79 Å². The van der Waals surface area contributed by atoms with Gasteiger partial charge in [-0.1, -0.05) is 12.1 Å². The maximum atomic E-state index is 12.1. The third-order valence-corrected chi connectivity index (χ3v) is 2.87. The second kappa shape index (κ2) is 6.06. The van der Waals surface area contributed by atoms with Gasteiger partial charge in [-0.25, -0.2) is 0 Å². The first-order chi connectivity index (χ1) is 9.56. The molecule has 0 aliphatic carbocycles. The van der Waals surface area contributed by atoms with Gasteiger partial charge in [-0.15, -0.1) is 0 Å². The van der Waals surface area contributed by atoms with Crippen molar-refractivity contribution in [3.63, 3.8) is 0 Å². The van der Waals surface area contributed by atoms with E-state index < -0.39 is 0 Å². The average Bonchev–Trinajstić information content (AvgIpc) is 2.38. The summed E-state index contributed by atoms with van der Waals surface area (Å²) in [6.07, 6.45) is 3.63. The van der Waals surface area contributed by atoms with E-state index >= 15 is 0 Å². The first-order valence-corrected chi connectivity index (χ1v) is 6.32. The van der Waals surface area contributed by atoms with Crippen molar-refractivity contribution in [2.45, 2.75) is 6.42 Å². The van der Waals surface area contributed by atoms with Crippen LogP contribution in [-0.4, -0.2) is 25.0 Å². The molecule has 0 fully saturated rings. The van der Waals surface area contributed by atoms with Crippen molar-refractivity contribution in [1.29, 1.82) is 0 Å². The normalized spacial score (nSPS) is 10.1. The fourth-order valence-electron chi connectivity index (χ4n) is 1.96. The Labute approximate surface area is 118 Å². The van der Waals surface area contributed by atoms with E-state index in [0.29, 0.717) is 11.4 Å². The fraction of sp³-hybridized carbons (Fsp3) is 0.200. The van der Waals surface area contributed by atoms with E-state index in [-0.39, 0.29) is 12.3 Å². The highest BCUT2D eigenvalue weighted by molar-refractivity contribution is 5.95. The number of pyridine rings is 1. The molecule has 0 saturated heterocycles. The predicted octanol–water partition coefficient (Wildman–Crippen LogP) is 1.91. The molecule has 3 N–H and O–H groups in total. The Kier molecular flexibility index (Phi) is 4.20. The van der Waals surface area contributed by atoms with Crippen LogP contribution in [0.2, 0.25) is 0 Å². The number of anilines is 3. The van der Waals surface area contributed by atoms with Crippen molar-refractivity contribution in [3.8, 4) is 0 Å². The lowest BCUT2D eigenvalue weighted by Crippen LogP contribution is -2.18. The van der Waals surface area contributed by atoms with Gasteiger partial charge in [-0.3, -0.25) is 9.78 Å². The van der Waals surface area contributed by atoms with Crippen LogP contribution < -0.4 is 16.0 Å². The fourth-order valence-corrected chi connectivity index (χ4v) is 1.96. The van der Waals surface area contributed by atoms with Crippen molar-refractivity contribution in [2.24, 2.45) is 0 Å². The molecule has 2 rings (SSSR count). The molecule has 20 heavy (non-hydrogen) atoms. The van der Waals surface area contributed by atoms with Gasteiger partial charge < -0.3 is 16.0 Å². The summed E-state index contributed by atoms with van der Waals surface area (Å²) in [7, 11) is 3.84. The zero-order valence-electron chi connectivity index (χ0n) is 11.6. The maximum absolute atomic E-state index is 12.1. The summed E-state index contributed by atoms with van der Waals surface area (Å²) in [5, 5.41) is 2.88. The van der Waals surface area contributed by atoms with Gasteiger partial charge in [0.25, 0.3) is 0 Å². The minimum atomic E-state index is -0.0910. The van der Waals surface area contributed by atoms with E-state index in [1.807, 2.05) is 37.2 Å². The zero-order chi connectivity index (χ0) is 14.5. The van der Waals surface area contributed by atoms with E-state index in [1.54, 1.807) is 24.5 Å². The number of benzene rings is 1. The Morgan fingerprint density at radius 1 is 1.35 bits per heavy atom. The minimum Gasteiger partial charge on any atom is -0.399 e. The topological polar surface area (TPSA) is 71.2 Å². The number of nitrogen functional groups attached to an aromatic ring is 1. The number of nitrogens with two attached hydrogens (primary N) is 1. The summed E-state index contributed by atoms with van der Waals surface area (Å²) in [4.78, 5) is 18.0. The van der Waals surface area contributed by atoms with Crippen LogP contribution in [0, 0.1) is 0 Å². The van der Waals surface area contributed by atoms with E-state index in [4.69, 9.17) is 5.73 Å². The van der Waals surface area contributed by atoms with Gasteiger partial charge in [-0.05, 0) is 23.8 Å². The van der Waals surface area contributed by atoms with Crippen LogP contribution in [0.1, 0.15) is 5.56 Å². The molecule has 0 atom stereocenters. The molecule has 1 aromatic carbocycles. The van der Waals surface area contributed by atoms with Gasteiger partial charge in [0.2, 0.25) is 5.91 Å². The van der Waals surface area contributed by atoms with Crippen molar-refractivity contribution in [2.75, 3.05) is 30.0 Å². The number of amides is 1. The van der Waals surface area contributed by atoms with Crippen molar-refractivity contribution in [1.82, 2.24) is 4.98 Å². The van der Waals surface area contributed by atoms with Crippen molar-refractivity contribution < 1.29 is 4.79 Å². The maximum Gasteiger partial charge on any atom is 0.228 e. The molecule has 1 heterocycles. The summed E-state index contributed by atoms with van der Waals surface area (Å²) in [6.45, 7) is 0. The van der Waals surface area contributed by atoms with Gasteiger partial charge in [0.05, 0.1) is 24.0 Å². The number of hydrogen-bond donors (Lipinski definition) is 2. The molecule has 104 valence electrons. The average molecular weight is 270 g/mol. The molecule has 0 radical (unpaired) electrons. The summed E-state index contributed by atoms with van der Waals surface area (Å²) >= 11 is 0. The number of rotatable bonds is 4. The minimum absolute atomic E-state index is 0.0910. The highest BCUT2D eigenvalue weighted by Crippen LogP contribution is 2.22.